The van der Waals surface area contributed by atoms with E-state index < -0.39 is 16.7 Å². The summed E-state index contributed by atoms with van der Waals surface area (Å²) in [6.07, 6.45) is 1.33. The third-order valence-electron chi connectivity index (χ3n) is 5.15. The number of halogens is 1. The van der Waals surface area contributed by atoms with E-state index in [1.165, 1.54) is 37.5 Å². The molecule has 9 nitrogen and oxygen atoms in total. The fourth-order valence-corrected chi connectivity index (χ4v) is 4.62. The fraction of sp³-hybridized carbons (Fsp3) is 0.0800. The third kappa shape index (κ3) is 6.08. The van der Waals surface area contributed by atoms with Gasteiger partial charge in [0, 0.05) is 10.6 Å². The van der Waals surface area contributed by atoms with Crippen LogP contribution in [0.1, 0.15) is 21.5 Å². The summed E-state index contributed by atoms with van der Waals surface area (Å²) in [5.41, 5.74) is 3.42. The minimum atomic E-state index is -0.630. The van der Waals surface area contributed by atoms with E-state index in [1.807, 2.05) is 30.3 Å². The monoisotopic (exact) mass is 555 g/mol. The van der Waals surface area contributed by atoms with Crippen LogP contribution in [0.4, 0.5) is 5.69 Å². The molecule has 4 rings (SSSR count). The number of thioether (sulfide) groups is 1. The maximum absolute atomic E-state index is 13.0. The smallest absolute Gasteiger partial charge is 0.285 e. The van der Waals surface area contributed by atoms with Crippen LogP contribution in [0.5, 0.6) is 11.5 Å². The number of hydrazine groups is 1. The molecule has 0 aliphatic carbocycles. The zero-order chi connectivity index (χ0) is 26.5. The summed E-state index contributed by atoms with van der Waals surface area (Å²) in [6.45, 7) is 0.180. The highest BCUT2D eigenvalue weighted by atomic mass is 35.5. The molecule has 1 N–H and O–H groups in total. The van der Waals surface area contributed by atoms with Gasteiger partial charge in [0.25, 0.3) is 17.5 Å². The minimum absolute atomic E-state index is 0.0657. The van der Waals surface area contributed by atoms with Gasteiger partial charge in [0.15, 0.2) is 15.8 Å². The first-order chi connectivity index (χ1) is 17.8. The molecule has 1 heterocycles. The Morgan fingerprint density at radius 2 is 1.86 bits per heavy atom. The molecule has 37 heavy (non-hydrogen) atoms. The molecule has 0 bridgehead atoms. The van der Waals surface area contributed by atoms with Gasteiger partial charge in [0.1, 0.15) is 6.61 Å². The zero-order valence-corrected chi connectivity index (χ0v) is 21.6. The van der Waals surface area contributed by atoms with Gasteiger partial charge in [-0.3, -0.25) is 25.1 Å². The molecule has 0 saturated carbocycles. The van der Waals surface area contributed by atoms with Gasteiger partial charge in [-0.2, -0.15) is 5.01 Å². The molecular formula is C25H18ClN3O6S2. The number of ether oxygens (including phenoxy) is 2. The quantitative estimate of drug-likeness (QED) is 0.171. The predicted octanol–water partition coefficient (Wildman–Crippen LogP) is 5.38. The van der Waals surface area contributed by atoms with Crippen molar-refractivity contribution in [3.63, 3.8) is 0 Å². The lowest BCUT2D eigenvalue weighted by atomic mass is 10.1. The summed E-state index contributed by atoms with van der Waals surface area (Å²) in [4.78, 5) is 36.9. The maximum atomic E-state index is 13.0. The summed E-state index contributed by atoms with van der Waals surface area (Å²) in [5.74, 6) is -0.769. The number of methoxy groups -OCH3 is 1. The van der Waals surface area contributed by atoms with Crippen molar-refractivity contribution in [1.82, 2.24) is 10.4 Å². The largest absolute Gasteiger partial charge is 0.493 e. The van der Waals surface area contributed by atoms with Gasteiger partial charge in [0.2, 0.25) is 0 Å². The number of nitro benzene ring substituents is 1. The molecule has 12 heteroatoms. The van der Waals surface area contributed by atoms with Gasteiger partial charge in [-0.1, -0.05) is 53.7 Å². The Morgan fingerprint density at radius 1 is 1.16 bits per heavy atom. The second-order valence-corrected chi connectivity index (χ2v) is 9.67. The van der Waals surface area contributed by atoms with Crippen LogP contribution in [-0.2, 0) is 11.4 Å². The van der Waals surface area contributed by atoms with Crippen LogP contribution in [0.15, 0.2) is 71.6 Å². The Labute approximate surface area is 226 Å². The van der Waals surface area contributed by atoms with E-state index in [9.17, 15) is 19.7 Å². The molecule has 1 saturated heterocycles. The normalized spacial score (nSPS) is 14.1. The highest BCUT2D eigenvalue weighted by Gasteiger charge is 2.34. The minimum Gasteiger partial charge on any atom is -0.493 e. The summed E-state index contributed by atoms with van der Waals surface area (Å²) >= 11 is 12.0. The van der Waals surface area contributed by atoms with Crippen LogP contribution in [-0.4, -0.2) is 33.2 Å². The molecule has 0 atom stereocenters. The average Bonchev–Trinajstić information content (AvgIpc) is 3.15. The fourth-order valence-electron chi connectivity index (χ4n) is 3.32. The lowest BCUT2D eigenvalue weighted by Crippen LogP contribution is -2.44. The van der Waals surface area contributed by atoms with Crippen molar-refractivity contribution in [1.29, 1.82) is 0 Å². The van der Waals surface area contributed by atoms with Crippen molar-refractivity contribution in [2.75, 3.05) is 7.11 Å². The predicted molar refractivity (Wildman–Crippen MR) is 144 cm³/mol. The number of hydrogen-bond donors (Lipinski definition) is 1. The lowest BCUT2D eigenvalue weighted by molar-refractivity contribution is -0.385. The first-order valence-electron chi connectivity index (χ1n) is 10.6. The SMILES string of the molecule is COc1cc(/C=C2/SC(=S)N(NC(=O)c3ccc(Cl)cc3)C2=O)c([N+](=O)[O-])cc1OCc1ccccc1. The Balaban J connectivity index is 1.58. The van der Waals surface area contributed by atoms with Crippen LogP contribution in [0.2, 0.25) is 5.02 Å². The second-order valence-electron chi connectivity index (χ2n) is 7.56. The molecule has 0 unspecified atom stereocenters. The van der Waals surface area contributed by atoms with Crippen molar-refractivity contribution in [2.45, 2.75) is 6.61 Å². The molecule has 3 aromatic rings. The second kappa shape index (κ2) is 11.4. The van der Waals surface area contributed by atoms with Crippen LogP contribution >= 0.6 is 35.6 Å². The van der Waals surface area contributed by atoms with E-state index in [2.05, 4.69) is 5.43 Å². The topological polar surface area (TPSA) is 111 Å². The van der Waals surface area contributed by atoms with Gasteiger partial charge in [0.05, 0.1) is 28.6 Å². The molecular weight excluding hydrogens is 538 g/mol. The molecule has 2 amide bonds. The number of benzene rings is 3. The van der Waals surface area contributed by atoms with Crippen molar-refractivity contribution in [3.8, 4) is 11.5 Å². The number of nitro groups is 1. The first kappa shape index (κ1) is 26.1. The standard InChI is InChI=1S/C25H18ClN3O6S2/c1-34-20-11-17(19(29(32)33)13-21(20)35-14-15-5-3-2-4-6-15)12-22-24(31)28(25(36)37-22)27-23(30)16-7-9-18(26)10-8-16/h2-13H,14H2,1H3,(H,27,30)/b22-12+. The number of carbonyl (C=O) groups is 2. The number of nitrogens with one attached hydrogen (secondary N) is 1. The van der Waals surface area contributed by atoms with Crippen molar-refractivity contribution < 1.29 is 24.0 Å². The van der Waals surface area contributed by atoms with E-state index in [4.69, 9.17) is 33.3 Å². The summed E-state index contributed by atoms with van der Waals surface area (Å²) < 4.78 is 11.2. The van der Waals surface area contributed by atoms with E-state index >= 15 is 0 Å². The van der Waals surface area contributed by atoms with E-state index in [-0.39, 0.29) is 44.1 Å². The van der Waals surface area contributed by atoms with Crippen molar-refractivity contribution in [2.24, 2.45) is 0 Å². The summed E-state index contributed by atoms with van der Waals surface area (Å²) in [7, 11) is 1.41. The lowest BCUT2D eigenvalue weighted by Gasteiger charge is -2.15. The van der Waals surface area contributed by atoms with Gasteiger partial charge in [-0.15, -0.1) is 0 Å². The van der Waals surface area contributed by atoms with Crippen LogP contribution in [0.3, 0.4) is 0 Å². The molecule has 1 aliphatic rings. The number of carbonyl (C=O) groups excluding carboxylic acids is 2. The molecule has 1 aliphatic heterocycles. The highest BCUT2D eigenvalue weighted by Crippen LogP contribution is 2.39. The van der Waals surface area contributed by atoms with Gasteiger partial charge in [-0.25, -0.2) is 0 Å². The Bertz CT molecular complexity index is 1410. The van der Waals surface area contributed by atoms with E-state index in [0.717, 1.165) is 22.3 Å². The average molecular weight is 556 g/mol. The first-order valence-corrected chi connectivity index (χ1v) is 12.2. The Kier molecular flexibility index (Phi) is 8.07. The van der Waals surface area contributed by atoms with Gasteiger partial charge >= 0.3 is 0 Å². The van der Waals surface area contributed by atoms with Crippen LogP contribution in [0, 0.1) is 10.1 Å². The van der Waals surface area contributed by atoms with E-state index in [0.29, 0.717) is 5.02 Å². The molecule has 0 spiro atoms. The highest BCUT2D eigenvalue weighted by molar-refractivity contribution is 8.26. The maximum Gasteiger partial charge on any atom is 0.285 e. The molecule has 0 aromatic heterocycles. The summed E-state index contributed by atoms with van der Waals surface area (Å²) in [6, 6.07) is 18.1. The summed E-state index contributed by atoms with van der Waals surface area (Å²) in [5, 5.41) is 13.2. The molecule has 188 valence electrons. The number of thiocarbonyl (C=S) groups is 1. The number of hydrogen-bond acceptors (Lipinski definition) is 8. The van der Waals surface area contributed by atoms with Gasteiger partial charge < -0.3 is 9.47 Å². The molecule has 3 aromatic carbocycles. The molecule has 0 radical (unpaired) electrons. The molecule has 1 fully saturated rings. The Hall–Kier alpha value is -3.93. The van der Waals surface area contributed by atoms with Crippen LogP contribution in [0.25, 0.3) is 6.08 Å². The Morgan fingerprint density at radius 3 is 2.51 bits per heavy atom. The third-order valence-corrected chi connectivity index (χ3v) is 6.70. The van der Waals surface area contributed by atoms with Gasteiger partial charge in [-0.05, 0) is 54.2 Å². The van der Waals surface area contributed by atoms with Crippen LogP contribution < -0.4 is 14.9 Å². The van der Waals surface area contributed by atoms with Crippen molar-refractivity contribution in [3.05, 3.63) is 103 Å². The van der Waals surface area contributed by atoms with Crippen molar-refractivity contribution >= 4 is 63.5 Å². The number of nitrogens with zero attached hydrogens (tertiary/aromatic N) is 2. The van der Waals surface area contributed by atoms with E-state index in [1.54, 1.807) is 12.1 Å². The zero-order valence-electron chi connectivity index (χ0n) is 19.2. The number of amides is 2. The number of rotatable bonds is 8.